The third kappa shape index (κ3) is 1.74. The van der Waals surface area contributed by atoms with Gasteiger partial charge in [0.25, 0.3) is 0 Å². The van der Waals surface area contributed by atoms with Crippen LogP contribution in [0.15, 0.2) is 0 Å². The van der Waals surface area contributed by atoms with Crippen LogP contribution in [0.25, 0.3) is 0 Å². The lowest BCUT2D eigenvalue weighted by molar-refractivity contribution is 0.423. The van der Waals surface area contributed by atoms with E-state index in [1.807, 2.05) is 0 Å². The monoisotopic (exact) mass is 74.1 g/mol. The van der Waals surface area contributed by atoms with Crippen LogP contribution < -0.4 is 0 Å². The van der Waals surface area contributed by atoms with Gasteiger partial charge in [-0.15, -0.1) is 0 Å². The molecule has 0 aliphatic carbocycles. The molecule has 0 aromatic heterocycles. The van der Waals surface area contributed by atoms with Crippen molar-refractivity contribution in [1.82, 2.24) is 0 Å². The molecule has 0 amide bonds. The van der Waals surface area contributed by atoms with Crippen LogP contribution >= 0.6 is 0 Å². The maximum Gasteiger partial charge on any atom is 0.0781 e. The molecule has 0 aromatic carbocycles. The van der Waals surface area contributed by atoms with Gasteiger partial charge < -0.3 is 4.74 Å². The van der Waals surface area contributed by atoms with E-state index in [-0.39, 0.29) is 7.43 Å². The minimum absolute atomic E-state index is 0. The zero-order valence-corrected chi connectivity index (χ0v) is 2.69. The van der Waals surface area contributed by atoms with Gasteiger partial charge in [-0.05, 0) is 6.92 Å². The lowest BCUT2D eigenvalue weighted by Gasteiger charge is -1.50. The molecule has 0 aromatic rings. The minimum atomic E-state index is 0. The Morgan fingerprint density at radius 2 is 2.00 bits per heavy atom. The lowest BCUT2D eigenvalue weighted by atomic mass is 10.6. The second-order valence-electron chi connectivity index (χ2n) is 1.14. The van der Waals surface area contributed by atoms with Gasteiger partial charge in [-0.2, -0.15) is 0 Å². The normalized spacial score (nSPS) is 31.8. The number of epoxide rings is 1. The molecule has 1 fully saturated rings. The van der Waals surface area contributed by atoms with Crippen molar-refractivity contribution in [2.24, 2.45) is 0 Å². The molecule has 0 N–H and O–H groups in total. The van der Waals surface area contributed by atoms with Crippen LogP contribution in [0.5, 0.6) is 0 Å². The molecule has 1 atom stereocenters. The van der Waals surface area contributed by atoms with Gasteiger partial charge in [0.15, 0.2) is 0 Å². The SMILES string of the molecule is C.CC1CO1. The molecule has 5 heavy (non-hydrogen) atoms. The molecule has 1 rings (SSSR count). The van der Waals surface area contributed by atoms with Gasteiger partial charge in [-0.25, -0.2) is 0 Å². The molecular weight excluding hydrogens is 64.0 g/mol. The molecule has 1 heterocycles. The standard InChI is InChI=1S/C3H6O.CH4/c1-3-2-4-3;/h3H,2H2,1H3;1H4. The van der Waals surface area contributed by atoms with Crippen LogP contribution in [0.1, 0.15) is 14.4 Å². The van der Waals surface area contributed by atoms with Gasteiger partial charge in [0.05, 0.1) is 12.7 Å². The summed E-state index contributed by atoms with van der Waals surface area (Å²) in [5, 5.41) is 0. The molecule has 0 bridgehead atoms. The van der Waals surface area contributed by atoms with Gasteiger partial charge in [0.2, 0.25) is 0 Å². The number of hydrogen-bond donors (Lipinski definition) is 0. The summed E-state index contributed by atoms with van der Waals surface area (Å²) in [6.07, 6.45) is 0.583. The number of ether oxygens (including phenoxy) is 1. The summed E-state index contributed by atoms with van der Waals surface area (Å²) in [5.74, 6) is 0. The molecule has 1 heteroatoms. The van der Waals surface area contributed by atoms with E-state index in [1.165, 1.54) is 0 Å². The Morgan fingerprint density at radius 3 is 2.00 bits per heavy atom. The summed E-state index contributed by atoms with van der Waals surface area (Å²) < 4.78 is 4.71. The summed E-state index contributed by atoms with van der Waals surface area (Å²) in [6, 6.07) is 0. The second kappa shape index (κ2) is 1.41. The lowest BCUT2D eigenvalue weighted by Crippen LogP contribution is -1.60. The summed E-state index contributed by atoms with van der Waals surface area (Å²) in [5.41, 5.74) is 0. The fourth-order valence-electron chi connectivity index (χ4n) is 0.0962. The third-order valence-corrected chi connectivity index (χ3v) is 0.500. The van der Waals surface area contributed by atoms with Crippen LogP contribution in [0.4, 0.5) is 0 Å². The molecule has 0 saturated carbocycles. The first-order valence-electron chi connectivity index (χ1n) is 1.51. The van der Waals surface area contributed by atoms with Gasteiger partial charge in [-0.1, -0.05) is 7.43 Å². The molecule has 1 aliphatic heterocycles. The van der Waals surface area contributed by atoms with Crippen molar-refractivity contribution >= 4 is 0 Å². The summed E-state index contributed by atoms with van der Waals surface area (Å²) in [4.78, 5) is 0. The van der Waals surface area contributed by atoms with E-state index in [0.717, 1.165) is 6.61 Å². The van der Waals surface area contributed by atoms with E-state index in [9.17, 15) is 0 Å². The summed E-state index contributed by atoms with van der Waals surface area (Å²) in [6.45, 7) is 3.04. The Bertz CT molecular complexity index is 22.8. The number of hydrogen-bond acceptors (Lipinski definition) is 1. The Labute approximate surface area is 32.9 Å². The summed E-state index contributed by atoms with van der Waals surface area (Å²) in [7, 11) is 0. The largest absolute Gasteiger partial charge is 0.373 e. The molecule has 0 radical (unpaired) electrons. The van der Waals surface area contributed by atoms with E-state index in [4.69, 9.17) is 4.74 Å². The van der Waals surface area contributed by atoms with E-state index in [2.05, 4.69) is 6.92 Å². The molecular formula is C4H10O. The average Bonchev–Trinajstić information content (AvgIpc) is 1.75. The van der Waals surface area contributed by atoms with Crippen molar-refractivity contribution in [2.75, 3.05) is 6.61 Å². The highest BCUT2D eigenvalue weighted by atomic mass is 16.6. The number of rotatable bonds is 0. The molecule has 1 unspecified atom stereocenters. The van der Waals surface area contributed by atoms with Gasteiger partial charge in [-0.3, -0.25) is 0 Å². The zero-order valence-electron chi connectivity index (χ0n) is 2.69. The third-order valence-electron chi connectivity index (χ3n) is 0.500. The van der Waals surface area contributed by atoms with Crippen molar-refractivity contribution in [3.05, 3.63) is 0 Å². The van der Waals surface area contributed by atoms with Crippen molar-refractivity contribution in [1.29, 1.82) is 0 Å². The first kappa shape index (κ1) is 4.96. The zero-order chi connectivity index (χ0) is 2.99. The van der Waals surface area contributed by atoms with Gasteiger partial charge in [0, 0.05) is 0 Å². The maximum atomic E-state index is 4.71. The van der Waals surface area contributed by atoms with E-state index in [1.54, 1.807) is 0 Å². The van der Waals surface area contributed by atoms with Gasteiger partial charge in [0.1, 0.15) is 0 Å². The van der Waals surface area contributed by atoms with Crippen LogP contribution in [-0.2, 0) is 4.74 Å². The van der Waals surface area contributed by atoms with Crippen LogP contribution in [0.3, 0.4) is 0 Å². The molecule has 32 valence electrons. The minimum Gasteiger partial charge on any atom is -0.373 e. The highest BCUT2D eigenvalue weighted by Gasteiger charge is 2.13. The first-order valence-corrected chi connectivity index (χ1v) is 1.51. The Hall–Kier alpha value is -0.0400. The van der Waals surface area contributed by atoms with E-state index >= 15 is 0 Å². The molecule has 1 nitrogen and oxygen atoms in total. The fourth-order valence-corrected chi connectivity index (χ4v) is 0.0962. The Balaban J connectivity index is 0.000000160. The van der Waals surface area contributed by atoms with Crippen molar-refractivity contribution in [3.63, 3.8) is 0 Å². The van der Waals surface area contributed by atoms with Crippen LogP contribution in [0.2, 0.25) is 0 Å². The first-order chi connectivity index (χ1) is 1.89. The average molecular weight is 74.1 g/mol. The van der Waals surface area contributed by atoms with Crippen molar-refractivity contribution in [3.8, 4) is 0 Å². The summed E-state index contributed by atoms with van der Waals surface area (Å²) >= 11 is 0. The Morgan fingerprint density at radius 1 is 1.80 bits per heavy atom. The van der Waals surface area contributed by atoms with E-state index < -0.39 is 0 Å². The van der Waals surface area contributed by atoms with Crippen LogP contribution in [-0.4, -0.2) is 12.7 Å². The maximum absolute atomic E-state index is 4.71. The fraction of sp³-hybridized carbons (Fsp3) is 1.00. The highest BCUT2D eigenvalue weighted by molar-refractivity contribution is 4.58. The van der Waals surface area contributed by atoms with Crippen molar-refractivity contribution < 1.29 is 4.74 Å². The molecule has 1 saturated heterocycles. The van der Waals surface area contributed by atoms with Crippen LogP contribution in [0, 0.1) is 0 Å². The topological polar surface area (TPSA) is 12.5 Å². The van der Waals surface area contributed by atoms with Gasteiger partial charge >= 0.3 is 0 Å². The second-order valence-corrected chi connectivity index (χ2v) is 1.14. The smallest absolute Gasteiger partial charge is 0.0781 e. The van der Waals surface area contributed by atoms with E-state index in [0.29, 0.717) is 6.10 Å². The molecule has 0 spiro atoms. The predicted molar refractivity (Wildman–Crippen MR) is 22.1 cm³/mol. The quantitative estimate of drug-likeness (QED) is 0.391. The predicted octanol–water partition coefficient (Wildman–Crippen LogP) is 1.04. The van der Waals surface area contributed by atoms with Crippen molar-refractivity contribution in [2.45, 2.75) is 20.5 Å². The Kier molecular flexibility index (Phi) is 1.40. The highest BCUT2D eigenvalue weighted by Crippen LogP contribution is 2.04. The molecule has 1 aliphatic rings.